The minimum Gasteiger partial charge on any atom is -0.497 e. The molecule has 0 aromatic heterocycles. The normalized spacial score (nSPS) is 17.2. The molecule has 0 spiro atoms. The Morgan fingerprint density at radius 2 is 1.62 bits per heavy atom. The summed E-state index contributed by atoms with van der Waals surface area (Å²) in [5, 5.41) is 0. The fourth-order valence-corrected chi connectivity index (χ4v) is 6.45. The van der Waals surface area contributed by atoms with E-state index >= 15 is 0 Å². The predicted molar refractivity (Wildman–Crippen MR) is 131 cm³/mol. The number of amides is 1. The number of thiocarbonyl (C=S) groups is 1. The lowest BCUT2D eigenvalue weighted by molar-refractivity contribution is -0.138. The van der Waals surface area contributed by atoms with Gasteiger partial charge in [0.05, 0.1) is 41.7 Å². The molecule has 7 nitrogen and oxygen atoms in total. The van der Waals surface area contributed by atoms with E-state index in [2.05, 4.69) is 6.58 Å². The number of carbonyl (C=O) groups excluding carboxylic acids is 3. The first-order chi connectivity index (χ1) is 15.1. The van der Waals surface area contributed by atoms with Crippen LogP contribution in [0.3, 0.4) is 0 Å². The fourth-order valence-electron chi connectivity index (χ4n) is 3.41. The molecule has 1 aromatic carbocycles. The number of thioether (sulfide) groups is 2. The molecule has 32 heavy (non-hydrogen) atoms. The van der Waals surface area contributed by atoms with Crippen molar-refractivity contribution in [3.63, 3.8) is 0 Å². The van der Waals surface area contributed by atoms with Crippen LogP contribution < -0.4 is 9.64 Å². The van der Waals surface area contributed by atoms with E-state index in [0.29, 0.717) is 31.7 Å². The Morgan fingerprint density at radius 3 is 2.09 bits per heavy atom. The monoisotopic (exact) mass is 491 g/mol. The van der Waals surface area contributed by atoms with Crippen LogP contribution in [0, 0.1) is 0 Å². The lowest BCUT2D eigenvalue weighted by Gasteiger charge is -2.44. The van der Waals surface area contributed by atoms with Gasteiger partial charge >= 0.3 is 11.9 Å². The molecule has 0 atom stereocenters. The van der Waals surface area contributed by atoms with Crippen molar-refractivity contribution in [2.24, 2.45) is 0 Å². The fraction of sp³-hybridized carbons (Fsp3) is 0.273. The highest BCUT2D eigenvalue weighted by atomic mass is 32.2. The molecule has 0 saturated heterocycles. The number of hydrogen-bond acceptors (Lipinski definition) is 9. The Bertz CT molecular complexity index is 1090. The smallest absolute Gasteiger partial charge is 0.346 e. The van der Waals surface area contributed by atoms with E-state index < -0.39 is 17.5 Å². The molecular weight excluding hydrogens is 470 g/mol. The topological polar surface area (TPSA) is 82.1 Å². The molecule has 1 amide bonds. The number of nitrogens with zero attached hydrogens (tertiary/aromatic N) is 1. The summed E-state index contributed by atoms with van der Waals surface area (Å²) in [4.78, 5) is 39.8. The van der Waals surface area contributed by atoms with E-state index in [1.807, 2.05) is 13.8 Å². The van der Waals surface area contributed by atoms with Crippen molar-refractivity contribution in [3.05, 3.63) is 50.5 Å². The number of esters is 2. The minimum atomic E-state index is -0.884. The van der Waals surface area contributed by atoms with Gasteiger partial charge in [0.15, 0.2) is 0 Å². The number of carbonyl (C=O) groups is 3. The predicted octanol–water partition coefficient (Wildman–Crippen LogP) is 4.08. The van der Waals surface area contributed by atoms with Gasteiger partial charge in [-0.05, 0) is 38.1 Å². The van der Waals surface area contributed by atoms with Crippen molar-refractivity contribution in [2.75, 3.05) is 26.2 Å². The van der Waals surface area contributed by atoms with Crippen LogP contribution in [0.1, 0.15) is 19.4 Å². The van der Waals surface area contributed by atoms with Crippen LogP contribution in [-0.2, 0) is 23.9 Å². The second-order valence-corrected chi connectivity index (χ2v) is 9.86. The van der Waals surface area contributed by atoms with Gasteiger partial charge in [-0.2, -0.15) is 0 Å². The zero-order valence-corrected chi connectivity index (χ0v) is 20.6. The van der Waals surface area contributed by atoms with Crippen molar-refractivity contribution in [1.29, 1.82) is 0 Å². The molecule has 0 fully saturated rings. The molecule has 2 aliphatic rings. The molecule has 0 bridgehead atoms. The van der Waals surface area contributed by atoms with Crippen LogP contribution in [0.25, 0.3) is 5.57 Å². The third-order valence-corrected chi connectivity index (χ3v) is 8.25. The third kappa shape index (κ3) is 3.87. The first kappa shape index (κ1) is 24.1. The highest BCUT2D eigenvalue weighted by Crippen LogP contribution is 2.56. The van der Waals surface area contributed by atoms with Gasteiger partial charge < -0.3 is 14.2 Å². The molecule has 10 heteroatoms. The second kappa shape index (κ2) is 9.13. The maximum atomic E-state index is 12.8. The summed E-state index contributed by atoms with van der Waals surface area (Å²) in [5.41, 5.74) is 1.02. The molecule has 2 heterocycles. The van der Waals surface area contributed by atoms with Gasteiger partial charge in [0.25, 0.3) is 5.91 Å². The molecule has 168 valence electrons. The lowest BCUT2D eigenvalue weighted by atomic mass is 9.83. The van der Waals surface area contributed by atoms with Crippen LogP contribution in [0.5, 0.6) is 5.75 Å². The number of ether oxygens (including phenoxy) is 3. The van der Waals surface area contributed by atoms with Crippen molar-refractivity contribution in [2.45, 2.75) is 19.4 Å². The van der Waals surface area contributed by atoms with Gasteiger partial charge in [-0.25, -0.2) is 9.59 Å². The number of hydrogen-bond donors (Lipinski definition) is 0. The third-order valence-electron chi connectivity index (χ3n) is 4.99. The summed E-state index contributed by atoms with van der Waals surface area (Å²) < 4.78 is 15.7. The van der Waals surface area contributed by atoms with Gasteiger partial charge in [0.1, 0.15) is 15.6 Å². The van der Waals surface area contributed by atoms with Crippen molar-refractivity contribution < 1.29 is 28.6 Å². The number of benzene rings is 1. The highest BCUT2D eigenvalue weighted by Gasteiger charge is 2.45. The Balaban J connectivity index is 2.29. The van der Waals surface area contributed by atoms with Crippen molar-refractivity contribution in [1.82, 2.24) is 0 Å². The summed E-state index contributed by atoms with van der Waals surface area (Å²) in [7, 11) is 4.03. The maximum Gasteiger partial charge on any atom is 0.346 e. The van der Waals surface area contributed by atoms with Crippen molar-refractivity contribution in [3.8, 4) is 5.75 Å². The van der Waals surface area contributed by atoms with Gasteiger partial charge in [-0.15, -0.1) is 0 Å². The van der Waals surface area contributed by atoms with Crippen LogP contribution in [0.4, 0.5) is 5.69 Å². The van der Waals surface area contributed by atoms with E-state index in [9.17, 15) is 14.4 Å². The average Bonchev–Trinajstić information content (AvgIpc) is 3.23. The standard InChI is InChI=1S/C22H21NO6S3/c1-7-14(24)23-13-9-8-11(27-4)10-12(13)15(18(30)22(23,2)3)21-31-16(19(25)28-5)17(32-21)20(26)29-6/h7-10H,1H2,2-6H3. The Morgan fingerprint density at radius 1 is 1.06 bits per heavy atom. The van der Waals surface area contributed by atoms with Gasteiger partial charge in [-0.1, -0.05) is 42.3 Å². The van der Waals surface area contributed by atoms with Crippen LogP contribution in [-0.4, -0.2) is 49.6 Å². The minimum absolute atomic E-state index is 0.126. The molecule has 0 unspecified atom stereocenters. The molecule has 1 aromatic rings. The largest absolute Gasteiger partial charge is 0.497 e. The molecule has 0 aliphatic carbocycles. The van der Waals surface area contributed by atoms with Gasteiger partial charge in [-0.3, -0.25) is 9.69 Å². The summed E-state index contributed by atoms with van der Waals surface area (Å²) in [6.07, 6.45) is 1.24. The van der Waals surface area contributed by atoms with E-state index in [1.54, 1.807) is 23.1 Å². The Hall–Kier alpha value is -2.56. The van der Waals surface area contributed by atoms with Crippen molar-refractivity contribution >= 4 is 69.7 Å². The molecule has 2 aliphatic heterocycles. The molecule has 0 saturated carbocycles. The van der Waals surface area contributed by atoms with Gasteiger partial charge in [0.2, 0.25) is 0 Å². The van der Waals surface area contributed by atoms with Crippen LogP contribution in [0.2, 0.25) is 0 Å². The Labute approximate surface area is 199 Å². The number of methoxy groups -OCH3 is 3. The summed E-state index contributed by atoms with van der Waals surface area (Å²) in [6, 6.07) is 5.30. The molecular formula is C22H21NO6S3. The number of anilines is 1. The lowest BCUT2D eigenvalue weighted by Crippen LogP contribution is -2.55. The number of fused-ring (bicyclic) bond motifs is 1. The second-order valence-electron chi connectivity index (χ2n) is 7.16. The zero-order chi connectivity index (χ0) is 23.8. The SMILES string of the molecule is C=CC(=O)N1c2ccc(OC)cc2C(=C2SC(C(=O)OC)=C(C(=O)OC)S2)C(=S)C1(C)C. The first-order valence-electron chi connectivity index (χ1n) is 9.33. The quantitative estimate of drug-likeness (QED) is 0.351. The Kier molecular flexibility index (Phi) is 6.87. The molecule has 0 N–H and O–H groups in total. The number of rotatable bonds is 4. The average molecular weight is 492 g/mol. The van der Waals surface area contributed by atoms with Crippen LogP contribution >= 0.6 is 35.7 Å². The van der Waals surface area contributed by atoms with Crippen LogP contribution in [0.15, 0.2) is 44.9 Å². The van der Waals surface area contributed by atoms with E-state index in [1.165, 1.54) is 27.4 Å². The summed E-state index contributed by atoms with van der Waals surface area (Å²) >= 11 is 8.05. The van der Waals surface area contributed by atoms with E-state index in [4.69, 9.17) is 26.4 Å². The van der Waals surface area contributed by atoms with E-state index in [0.717, 1.165) is 23.5 Å². The zero-order valence-electron chi connectivity index (χ0n) is 18.1. The molecule has 0 radical (unpaired) electrons. The molecule has 3 rings (SSSR count). The van der Waals surface area contributed by atoms with Gasteiger partial charge in [0, 0.05) is 11.1 Å². The highest BCUT2D eigenvalue weighted by molar-refractivity contribution is 8.29. The maximum absolute atomic E-state index is 12.8. The first-order valence-corrected chi connectivity index (χ1v) is 11.4. The summed E-state index contributed by atoms with van der Waals surface area (Å²) in [5.74, 6) is -1.02. The van der Waals surface area contributed by atoms with E-state index in [-0.39, 0.29) is 15.7 Å². The summed E-state index contributed by atoms with van der Waals surface area (Å²) in [6.45, 7) is 7.29.